The van der Waals surface area contributed by atoms with Gasteiger partial charge < -0.3 is 0 Å². The van der Waals surface area contributed by atoms with E-state index in [-0.39, 0.29) is 5.25 Å². The highest BCUT2D eigenvalue weighted by atomic mass is 32.2. The van der Waals surface area contributed by atoms with E-state index in [1.165, 1.54) is 0 Å². The smallest absolute Gasteiger partial charge is 0.199 e. The molecule has 1 aliphatic rings. The van der Waals surface area contributed by atoms with Crippen molar-refractivity contribution in [1.29, 1.82) is 0 Å². The second kappa shape index (κ2) is 4.83. The lowest BCUT2D eigenvalue weighted by atomic mass is 10.1. The molecule has 0 N–H and O–H groups in total. The molecule has 0 amide bonds. The summed E-state index contributed by atoms with van der Waals surface area (Å²) in [5, 5.41) is 9.43. The van der Waals surface area contributed by atoms with Crippen molar-refractivity contribution in [3.63, 3.8) is 0 Å². The van der Waals surface area contributed by atoms with Gasteiger partial charge in [0.25, 0.3) is 0 Å². The van der Waals surface area contributed by atoms with E-state index in [1.807, 2.05) is 30.3 Å². The number of hydrogen-bond donors (Lipinski definition) is 0. The minimum atomic E-state index is -2.67. The monoisotopic (exact) mass is 254 g/mol. The Labute approximate surface area is 100 Å². The minimum Gasteiger partial charge on any atom is -0.243 e. The fourth-order valence-electron chi connectivity index (χ4n) is 2.20. The second-order valence-electron chi connectivity index (χ2n) is 4.17. The van der Waals surface area contributed by atoms with E-state index in [4.69, 9.17) is 0 Å². The molecule has 1 heterocycles. The van der Waals surface area contributed by atoms with Gasteiger partial charge in [0.2, 0.25) is 0 Å². The highest BCUT2D eigenvalue weighted by Crippen LogP contribution is 2.25. The molecule has 1 aromatic rings. The molecule has 0 bridgehead atoms. The largest absolute Gasteiger partial charge is 0.243 e. The molecule has 0 saturated carbocycles. The summed E-state index contributed by atoms with van der Waals surface area (Å²) in [7, 11) is -2.67. The van der Waals surface area contributed by atoms with Gasteiger partial charge in [0.15, 0.2) is 5.03 Å². The van der Waals surface area contributed by atoms with Crippen molar-refractivity contribution in [2.75, 3.05) is 5.75 Å². The first-order chi connectivity index (χ1) is 8.10. The van der Waals surface area contributed by atoms with Gasteiger partial charge in [-0.15, -0.1) is 0 Å². The Morgan fingerprint density at radius 1 is 1.41 bits per heavy atom. The molecule has 0 spiro atoms. The van der Waals surface area contributed by atoms with Gasteiger partial charge in [0, 0.05) is 5.75 Å². The third-order valence-corrected chi connectivity index (χ3v) is 5.72. The van der Waals surface area contributed by atoms with Gasteiger partial charge >= 0.3 is 0 Å². The van der Waals surface area contributed by atoms with Gasteiger partial charge in [0.1, 0.15) is 14.2 Å². The Kier molecular flexibility index (Phi) is 3.42. The average Bonchev–Trinajstić information content (AvgIpc) is 2.60. The SMILES string of the molecule is O=[N+]([O-])N=[S@@]1(=O)CCCC1Cc1ccccc1. The van der Waals surface area contributed by atoms with Crippen molar-refractivity contribution in [1.82, 2.24) is 0 Å². The Morgan fingerprint density at radius 3 is 2.76 bits per heavy atom. The molecule has 5 nitrogen and oxygen atoms in total. The van der Waals surface area contributed by atoms with Gasteiger partial charge in [-0.2, -0.15) is 0 Å². The molecule has 2 atom stereocenters. The zero-order valence-electron chi connectivity index (χ0n) is 9.32. The van der Waals surface area contributed by atoms with Gasteiger partial charge in [-0.25, -0.2) is 14.3 Å². The summed E-state index contributed by atoms with van der Waals surface area (Å²) in [6.45, 7) is 0. The van der Waals surface area contributed by atoms with Crippen molar-refractivity contribution >= 4 is 9.73 Å². The summed E-state index contributed by atoms with van der Waals surface area (Å²) < 4.78 is 15.6. The minimum absolute atomic E-state index is 0.185. The summed E-state index contributed by atoms with van der Waals surface area (Å²) in [4.78, 5) is 10.4. The number of hydrogen-bond acceptors (Lipinski definition) is 3. The first-order valence-corrected chi connectivity index (χ1v) is 7.27. The highest BCUT2D eigenvalue weighted by molar-refractivity contribution is 7.94. The highest BCUT2D eigenvalue weighted by Gasteiger charge is 2.32. The molecule has 92 valence electrons. The van der Waals surface area contributed by atoms with Crippen LogP contribution in [0.3, 0.4) is 0 Å². The molecule has 1 unspecified atom stereocenters. The molecule has 17 heavy (non-hydrogen) atoms. The van der Waals surface area contributed by atoms with E-state index in [2.05, 4.69) is 4.47 Å². The fraction of sp³-hybridized carbons (Fsp3) is 0.455. The molecule has 1 aromatic carbocycles. The van der Waals surface area contributed by atoms with E-state index in [0.29, 0.717) is 12.2 Å². The maximum Gasteiger partial charge on any atom is 0.199 e. The Bertz CT molecular complexity index is 521. The van der Waals surface area contributed by atoms with Crippen LogP contribution in [0.25, 0.3) is 0 Å². The van der Waals surface area contributed by atoms with Crippen molar-refractivity contribution in [2.24, 2.45) is 4.47 Å². The van der Waals surface area contributed by atoms with Crippen LogP contribution in [0.15, 0.2) is 34.8 Å². The Morgan fingerprint density at radius 2 is 2.12 bits per heavy atom. The molecule has 0 aromatic heterocycles. The second-order valence-corrected chi connectivity index (χ2v) is 6.79. The normalized spacial score (nSPS) is 27.9. The fourth-order valence-corrected chi connectivity index (χ4v) is 4.54. The van der Waals surface area contributed by atoms with Crippen molar-refractivity contribution in [3.05, 3.63) is 46.0 Å². The van der Waals surface area contributed by atoms with Crippen LogP contribution < -0.4 is 0 Å². The molecule has 2 rings (SSSR count). The topological polar surface area (TPSA) is 72.6 Å². The van der Waals surface area contributed by atoms with Crippen molar-refractivity contribution in [3.8, 4) is 0 Å². The van der Waals surface area contributed by atoms with Crippen LogP contribution in [-0.2, 0) is 16.1 Å². The molecular weight excluding hydrogens is 240 g/mol. The lowest BCUT2D eigenvalue weighted by Gasteiger charge is -2.10. The van der Waals surface area contributed by atoms with Gasteiger partial charge in [-0.1, -0.05) is 30.3 Å². The van der Waals surface area contributed by atoms with E-state index in [9.17, 15) is 14.3 Å². The summed E-state index contributed by atoms with van der Waals surface area (Å²) in [5.74, 6) is 0.353. The molecule has 0 radical (unpaired) electrons. The predicted molar refractivity (Wildman–Crippen MR) is 65.6 cm³/mol. The first-order valence-electron chi connectivity index (χ1n) is 5.52. The van der Waals surface area contributed by atoms with E-state index in [0.717, 1.165) is 18.4 Å². The van der Waals surface area contributed by atoms with Crippen molar-refractivity contribution in [2.45, 2.75) is 24.5 Å². The lowest BCUT2D eigenvalue weighted by Crippen LogP contribution is -2.19. The molecule has 1 saturated heterocycles. The van der Waals surface area contributed by atoms with Gasteiger partial charge in [-0.3, -0.25) is 0 Å². The van der Waals surface area contributed by atoms with E-state index >= 15 is 0 Å². The summed E-state index contributed by atoms with van der Waals surface area (Å²) in [6.07, 6.45) is 2.12. The summed E-state index contributed by atoms with van der Waals surface area (Å²) in [6, 6.07) is 9.64. The van der Waals surface area contributed by atoms with Crippen LogP contribution in [0.5, 0.6) is 0 Å². The Hall–Kier alpha value is -1.43. The standard InChI is InChI=1S/C11H14N2O3S/c14-13(15)12-17(16)8-4-7-11(17)9-10-5-2-1-3-6-10/h1-3,5-6,11H,4,7-9H2/t11?,17-/m1/s1. The molecule has 6 heteroatoms. The Balaban J connectivity index is 2.22. The van der Waals surface area contributed by atoms with Gasteiger partial charge in [-0.05, 0) is 24.8 Å². The molecular formula is C11H14N2O3S. The quantitative estimate of drug-likeness (QED) is 0.612. The summed E-state index contributed by atoms with van der Waals surface area (Å²) in [5.41, 5.74) is 1.06. The van der Waals surface area contributed by atoms with E-state index < -0.39 is 14.8 Å². The first kappa shape index (κ1) is 12.0. The molecule has 0 aliphatic carbocycles. The molecule has 1 fully saturated rings. The van der Waals surface area contributed by atoms with Crippen LogP contribution in [0, 0.1) is 10.1 Å². The van der Waals surface area contributed by atoms with Crippen LogP contribution in [0.4, 0.5) is 0 Å². The van der Waals surface area contributed by atoms with E-state index in [1.54, 1.807) is 0 Å². The zero-order chi connectivity index (χ0) is 12.3. The summed E-state index contributed by atoms with van der Waals surface area (Å²) >= 11 is 0. The molecule has 1 aliphatic heterocycles. The van der Waals surface area contributed by atoms with Crippen LogP contribution >= 0.6 is 0 Å². The lowest BCUT2D eigenvalue weighted by molar-refractivity contribution is -0.482. The maximum absolute atomic E-state index is 12.3. The number of rotatable bonds is 3. The third-order valence-electron chi connectivity index (χ3n) is 2.99. The zero-order valence-corrected chi connectivity index (χ0v) is 10.1. The maximum atomic E-state index is 12.3. The number of benzene rings is 1. The third kappa shape index (κ3) is 2.82. The number of nitrogens with zero attached hydrogens (tertiary/aromatic N) is 2. The van der Waals surface area contributed by atoms with Crippen LogP contribution in [0.2, 0.25) is 0 Å². The predicted octanol–water partition coefficient (Wildman–Crippen LogP) is 2.05. The average molecular weight is 254 g/mol. The number of nitro groups is 1. The van der Waals surface area contributed by atoms with Crippen molar-refractivity contribution < 1.29 is 9.24 Å². The van der Waals surface area contributed by atoms with Gasteiger partial charge in [0.05, 0.1) is 5.25 Å². The van der Waals surface area contributed by atoms with Crippen LogP contribution in [-0.4, -0.2) is 20.2 Å². The van der Waals surface area contributed by atoms with Crippen LogP contribution in [0.1, 0.15) is 18.4 Å².